The molecule has 0 bridgehead atoms. The number of ether oxygens (including phenoxy) is 1. The number of hydrogen-bond donors (Lipinski definition) is 1. The van der Waals surface area contributed by atoms with Crippen LogP contribution >= 0.6 is 0 Å². The second-order valence-corrected chi connectivity index (χ2v) is 15.6. The Morgan fingerprint density at radius 1 is 0.367 bits per heavy atom. The largest absolute Gasteiger partial charge is 0.481 e. The van der Waals surface area contributed by atoms with Crippen LogP contribution in [0.1, 0.15) is 271 Å². The van der Waals surface area contributed by atoms with Gasteiger partial charge in [0.05, 0.1) is 0 Å². The lowest BCUT2D eigenvalue weighted by Crippen LogP contribution is -2.18. The summed E-state index contributed by atoms with van der Waals surface area (Å²) in [5.41, 5.74) is 0. The van der Waals surface area contributed by atoms with Gasteiger partial charge in [-0.05, 0) is 38.5 Å². The van der Waals surface area contributed by atoms with Crippen molar-refractivity contribution in [3.8, 4) is 0 Å². The first kappa shape index (κ1) is 47.9. The highest BCUT2D eigenvalue weighted by molar-refractivity contribution is 5.69. The summed E-state index contributed by atoms with van der Waals surface area (Å²) < 4.78 is 5.99. The maximum absolute atomic E-state index is 12.6. The first-order valence-electron chi connectivity index (χ1n) is 22.5. The fraction of sp³-hybridized carbons (Fsp3) is 0.956. The van der Waals surface area contributed by atoms with Gasteiger partial charge in [0, 0.05) is 12.8 Å². The third-order valence-electron chi connectivity index (χ3n) is 10.6. The molecule has 292 valence electrons. The lowest BCUT2D eigenvalue weighted by molar-refractivity contribution is -0.150. The molecule has 49 heavy (non-hydrogen) atoms. The summed E-state index contributed by atoms with van der Waals surface area (Å²) in [6, 6.07) is 0. The molecule has 0 saturated carbocycles. The average molecular weight is 693 g/mol. The van der Waals surface area contributed by atoms with Gasteiger partial charge in [-0.3, -0.25) is 9.59 Å². The molecule has 0 amide bonds. The summed E-state index contributed by atoms with van der Waals surface area (Å²) >= 11 is 0. The summed E-state index contributed by atoms with van der Waals surface area (Å²) in [7, 11) is 0. The lowest BCUT2D eigenvalue weighted by atomic mass is 10.0. The Morgan fingerprint density at radius 2 is 0.612 bits per heavy atom. The molecule has 0 aromatic carbocycles. The van der Waals surface area contributed by atoms with Crippen LogP contribution in [0.4, 0.5) is 0 Å². The average Bonchev–Trinajstić information content (AvgIpc) is 3.09. The Bertz CT molecular complexity index is 662. The van der Waals surface area contributed by atoms with E-state index in [2.05, 4.69) is 13.8 Å². The van der Waals surface area contributed by atoms with Crippen LogP contribution in [0.25, 0.3) is 0 Å². The monoisotopic (exact) mass is 693 g/mol. The molecule has 1 N–H and O–H groups in total. The minimum absolute atomic E-state index is 0.00760. The van der Waals surface area contributed by atoms with Crippen LogP contribution in [0.2, 0.25) is 0 Å². The predicted octanol–water partition coefficient (Wildman–Crippen LogP) is 15.6. The van der Waals surface area contributed by atoms with Gasteiger partial charge in [-0.2, -0.15) is 0 Å². The minimum Gasteiger partial charge on any atom is -0.481 e. The van der Waals surface area contributed by atoms with Crippen molar-refractivity contribution in [2.75, 3.05) is 0 Å². The maximum atomic E-state index is 12.6. The van der Waals surface area contributed by atoms with Gasteiger partial charge in [0.1, 0.15) is 6.10 Å². The summed E-state index contributed by atoms with van der Waals surface area (Å²) in [6.07, 6.45) is 50.2. The van der Waals surface area contributed by atoms with E-state index >= 15 is 0 Å². The minimum atomic E-state index is -0.697. The molecule has 0 aromatic heterocycles. The zero-order valence-electron chi connectivity index (χ0n) is 33.5. The molecule has 4 nitrogen and oxygen atoms in total. The maximum Gasteiger partial charge on any atom is 0.306 e. The van der Waals surface area contributed by atoms with E-state index in [1.807, 2.05) is 0 Å². The number of carbonyl (C=O) groups is 2. The summed E-state index contributed by atoms with van der Waals surface area (Å²) in [6.45, 7) is 4.56. The quantitative estimate of drug-likeness (QED) is 0.0511. The fourth-order valence-corrected chi connectivity index (χ4v) is 7.25. The smallest absolute Gasteiger partial charge is 0.306 e. The predicted molar refractivity (Wildman–Crippen MR) is 214 cm³/mol. The molecule has 0 rings (SSSR count). The SMILES string of the molecule is CCCCCCCCCCCCCCCCCCCCCCCCCCC(=O)OC(CCCCCCCCC)CCCCCCCC(=O)O. The van der Waals surface area contributed by atoms with E-state index in [4.69, 9.17) is 9.84 Å². The number of carboxylic acid groups (broad SMARTS) is 1. The number of carboxylic acids is 1. The van der Waals surface area contributed by atoms with Crippen molar-refractivity contribution in [3.63, 3.8) is 0 Å². The first-order chi connectivity index (χ1) is 24.1. The van der Waals surface area contributed by atoms with E-state index in [1.54, 1.807) is 0 Å². The zero-order valence-corrected chi connectivity index (χ0v) is 33.5. The zero-order chi connectivity index (χ0) is 35.7. The number of carbonyl (C=O) groups excluding carboxylic acids is 1. The van der Waals surface area contributed by atoms with Crippen LogP contribution in [0.15, 0.2) is 0 Å². The van der Waals surface area contributed by atoms with Crippen LogP contribution in [0, 0.1) is 0 Å². The Balaban J connectivity index is 3.67. The van der Waals surface area contributed by atoms with Crippen LogP contribution in [0.5, 0.6) is 0 Å². The number of rotatable bonds is 42. The van der Waals surface area contributed by atoms with Gasteiger partial charge in [0.25, 0.3) is 0 Å². The third kappa shape index (κ3) is 41.2. The van der Waals surface area contributed by atoms with E-state index in [1.165, 1.54) is 180 Å². The Labute approximate surface area is 307 Å². The third-order valence-corrected chi connectivity index (χ3v) is 10.6. The van der Waals surface area contributed by atoms with Crippen LogP contribution < -0.4 is 0 Å². The van der Waals surface area contributed by atoms with E-state index in [0.717, 1.165) is 64.2 Å². The summed E-state index contributed by atoms with van der Waals surface area (Å²) in [5, 5.41) is 8.81. The van der Waals surface area contributed by atoms with Crippen LogP contribution in [0.3, 0.4) is 0 Å². The van der Waals surface area contributed by atoms with Gasteiger partial charge in [-0.25, -0.2) is 0 Å². The number of aliphatic carboxylic acids is 1. The molecular formula is C45H88O4. The highest BCUT2D eigenvalue weighted by atomic mass is 16.5. The molecule has 4 heteroatoms. The molecule has 0 saturated heterocycles. The van der Waals surface area contributed by atoms with E-state index in [0.29, 0.717) is 6.42 Å². The van der Waals surface area contributed by atoms with Gasteiger partial charge in [-0.1, -0.05) is 219 Å². The number of esters is 1. The normalized spacial score (nSPS) is 12.0. The molecule has 0 aromatic rings. The Hall–Kier alpha value is -1.06. The van der Waals surface area contributed by atoms with Gasteiger partial charge in [0.2, 0.25) is 0 Å². The highest BCUT2D eigenvalue weighted by Crippen LogP contribution is 2.19. The van der Waals surface area contributed by atoms with Crippen LogP contribution in [-0.4, -0.2) is 23.1 Å². The standard InChI is InChI=1S/C45H88O4/c1-3-5-7-9-11-12-13-14-15-16-17-18-19-20-21-22-23-24-25-26-27-29-34-38-42-45(48)49-43(39-35-31-28-10-8-6-4-2)40-36-32-30-33-37-41-44(46)47/h43H,3-42H2,1-2H3,(H,46,47). The molecule has 0 heterocycles. The Morgan fingerprint density at radius 3 is 0.898 bits per heavy atom. The van der Waals surface area contributed by atoms with E-state index in [9.17, 15) is 9.59 Å². The van der Waals surface area contributed by atoms with Crippen molar-refractivity contribution in [2.45, 2.75) is 277 Å². The van der Waals surface area contributed by atoms with Crippen molar-refractivity contribution >= 4 is 11.9 Å². The van der Waals surface area contributed by atoms with E-state index < -0.39 is 5.97 Å². The van der Waals surface area contributed by atoms with Crippen molar-refractivity contribution in [1.82, 2.24) is 0 Å². The molecule has 0 aliphatic rings. The Kier molecular flexibility index (Phi) is 40.5. The molecular weight excluding hydrogens is 604 g/mol. The molecule has 0 aliphatic carbocycles. The van der Waals surface area contributed by atoms with Crippen molar-refractivity contribution in [2.24, 2.45) is 0 Å². The molecule has 0 fully saturated rings. The molecule has 0 radical (unpaired) electrons. The second-order valence-electron chi connectivity index (χ2n) is 15.6. The number of hydrogen-bond acceptors (Lipinski definition) is 3. The summed E-state index contributed by atoms with van der Waals surface area (Å²) in [4.78, 5) is 23.3. The van der Waals surface area contributed by atoms with Gasteiger partial charge < -0.3 is 9.84 Å². The van der Waals surface area contributed by atoms with Crippen molar-refractivity contribution in [3.05, 3.63) is 0 Å². The summed E-state index contributed by atoms with van der Waals surface area (Å²) in [5.74, 6) is -0.689. The molecule has 1 atom stereocenters. The highest BCUT2D eigenvalue weighted by Gasteiger charge is 2.14. The van der Waals surface area contributed by atoms with E-state index in [-0.39, 0.29) is 18.5 Å². The lowest BCUT2D eigenvalue weighted by Gasteiger charge is -2.18. The topological polar surface area (TPSA) is 63.6 Å². The molecule has 0 spiro atoms. The van der Waals surface area contributed by atoms with Gasteiger partial charge >= 0.3 is 11.9 Å². The second kappa shape index (κ2) is 41.4. The first-order valence-corrected chi connectivity index (χ1v) is 22.5. The van der Waals surface area contributed by atoms with Gasteiger partial charge in [0.15, 0.2) is 0 Å². The van der Waals surface area contributed by atoms with Crippen molar-refractivity contribution < 1.29 is 19.4 Å². The van der Waals surface area contributed by atoms with Crippen LogP contribution in [-0.2, 0) is 14.3 Å². The molecule has 0 aliphatic heterocycles. The number of unbranched alkanes of at least 4 members (excludes halogenated alkanes) is 33. The fourth-order valence-electron chi connectivity index (χ4n) is 7.25. The van der Waals surface area contributed by atoms with Crippen molar-refractivity contribution in [1.29, 1.82) is 0 Å². The van der Waals surface area contributed by atoms with Gasteiger partial charge in [-0.15, -0.1) is 0 Å². The molecule has 1 unspecified atom stereocenters.